The van der Waals surface area contributed by atoms with Crippen molar-refractivity contribution in [1.29, 1.82) is 0 Å². The number of hydrogen-bond donors (Lipinski definition) is 1. The van der Waals surface area contributed by atoms with Crippen molar-refractivity contribution in [2.45, 2.75) is 24.6 Å². The molecule has 0 aliphatic carbocycles. The number of alkyl halides is 3. The molecule has 136 valence electrons. The van der Waals surface area contributed by atoms with Crippen molar-refractivity contribution in [3.8, 4) is 11.8 Å². The summed E-state index contributed by atoms with van der Waals surface area (Å²) in [6.07, 6.45) is -1.22. The smallest absolute Gasteiger partial charge is 0.416 e. The fourth-order valence-corrected chi connectivity index (χ4v) is 2.74. The average Bonchev–Trinajstić information content (AvgIpc) is 3.14. The summed E-state index contributed by atoms with van der Waals surface area (Å²) < 4.78 is 43.1. The van der Waals surface area contributed by atoms with Crippen LogP contribution in [0.2, 0.25) is 0 Å². The standard InChI is InChI=1S/C19H16F3NO3/c20-19(21,22)16-3-1-2-14(12-16)4-6-18(25)7-9-23(10-8-18)17(24)15-5-11-26-13-15/h1-3,5,11-13,25H,7-10H2. The maximum Gasteiger partial charge on any atom is 0.416 e. The zero-order chi connectivity index (χ0) is 18.8. The molecule has 0 unspecified atom stereocenters. The van der Waals surface area contributed by atoms with Gasteiger partial charge in [0.1, 0.15) is 11.9 Å². The highest BCUT2D eigenvalue weighted by Crippen LogP contribution is 2.29. The second-order valence-electron chi connectivity index (χ2n) is 6.16. The van der Waals surface area contributed by atoms with Gasteiger partial charge in [0.15, 0.2) is 0 Å². The number of nitrogens with zero attached hydrogens (tertiary/aromatic N) is 1. The molecule has 2 aromatic rings. The van der Waals surface area contributed by atoms with Crippen LogP contribution in [-0.2, 0) is 6.18 Å². The van der Waals surface area contributed by atoms with E-state index in [1.165, 1.54) is 24.7 Å². The Balaban J connectivity index is 1.67. The van der Waals surface area contributed by atoms with Gasteiger partial charge in [0.05, 0.1) is 17.4 Å². The lowest BCUT2D eigenvalue weighted by atomic mass is 9.91. The summed E-state index contributed by atoms with van der Waals surface area (Å²) in [6.45, 7) is 0.607. The monoisotopic (exact) mass is 363 g/mol. The normalized spacial score (nSPS) is 16.7. The van der Waals surface area contributed by atoms with E-state index < -0.39 is 17.3 Å². The molecule has 0 radical (unpaired) electrons. The minimum absolute atomic E-state index is 0.185. The van der Waals surface area contributed by atoms with Gasteiger partial charge in [-0.05, 0) is 24.3 Å². The van der Waals surface area contributed by atoms with E-state index in [9.17, 15) is 23.1 Å². The van der Waals surface area contributed by atoms with Crippen LogP contribution in [0.3, 0.4) is 0 Å². The molecular weight excluding hydrogens is 347 g/mol. The summed E-state index contributed by atoms with van der Waals surface area (Å²) >= 11 is 0. The van der Waals surface area contributed by atoms with Gasteiger partial charge >= 0.3 is 6.18 Å². The Bertz CT molecular complexity index is 839. The number of benzene rings is 1. The minimum Gasteiger partial charge on any atom is -0.472 e. The van der Waals surface area contributed by atoms with Crippen molar-refractivity contribution in [3.05, 3.63) is 59.5 Å². The van der Waals surface area contributed by atoms with E-state index in [-0.39, 0.29) is 24.3 Å². The van der Waals surface area contributed by atoms with E-state index in [1.807, 2.05) is 0 Å². The molecular formula is C19H16F3NO3. The molecule has 26 heavy (non-hydrogen) atoms. The number of hydrogen-bond acceptors (Lipinski definition) is 3. The summed E-state index contributed by atoms with van der Waals surface area (Å²) in [6, 6.07) is 6.23. The molecule has 0 saturated carbocycles. The van der Waals surface area contributed by atoms with Crippen LogP contribution in [0, 0.1) is 11.8 Å². The van der Waals surface area contributed by atoms with Crippen molar-refractivity contribution in [2.75, 3.05) is 13.1 Å². The minimum atomic E-state index is -4.44. The molecule has 7 heteroatoms. The van der Waals surface area contributed by atoms with E-state index in [2.05, 4.69) is 11.8 Å². The SMILES string of the molecule is O=C(c1ccoc1)N1CCC(O)(C#Cc2cccc(C(F)(F)F)c2)CC1. The lowest BCUT2D eigenvalue weighted by Gasteiger charge is -2.34. The Morgan fingerprint density at radius 3 is 2.58 bits per heavy atom. The molecule has 1 N–H and O–H groups in total. The molecule has 1 saturated heterocycles. The predicted molar refractivity (Wildman–Crippen MR) is 87.1 cm³/mol. The molecule has 1 amide bonds. The molecule has 1 fully saturated rings. The molecule has 1 aliphatic rings. The number of piperidine rings is 1. The van der Waals surface area contributed by atoms with Gasteiger partial charge in [-0.3, -0.25) is 4.79 Å². The van der Waals surface area contributed by atoms with Crippen LogP contribution in [0.1, 0.15) is 34.3 Å². The van der Waals surface area contributed by atoms with Gasteiger partial charge in [0.25, 0.3) is 5.91 Å². The molecule has 0 spiro atoms. The molecule has 1 aliphatic heterocycles. The van der Waals surface area contributed by atoms with Crippen LogP contribution in [-0.4, -0.2) is 34.6 Å². The Labute approximate surface area is 148 Å². The molecule has 2 heterocycles. The Morgan fingerprint density at radius 1 is 1.23 bits per heavy atom. The first-order valence-electron chi connectivity index (χ1n) is 8.01. The van der Waals surface area contributed by atoms with Gasteiger partial charge in [-0.25, -0.2) is 0 Å². The Hall–Kier alpha value is -2.72. The van der Waals surface area contributed by atoms with Gasteiger partial charge in [-0.2, -0.15) is 13.2 Å². The number of furan rings is 1. The van der Waals surface area contributed by atoms with Crippen molar-refractivity contribution < 1.29 is 27.5 Å². The van der Waals surface area contributed by atoms with Crippen LogP contribution in [0.5, 0.6) is 0 Å². The number of carbonyl (C=O) groups is 1. The third kappa shape index (κ3) is 4.09. The van der Waals surface area contributed by atoms with E-state index in [0.717, 1.165) is 12.1 Å². The Morgan fingerprint density at radius 2 is 1.96 bits per heavy atom. The van der Waals surface area contributed by atoms with Gasteiger partial charge < -0.3 is 14.4 Å². The summed E-state index contributed by atoms with van der Waals surface area (Å²) in [5.41, 5.74) is -1.49. The maximum absolute atomic E-state index is 12.7. The lowest BCUT2D eigenvalue weighted by molar-refractivity contribution is -0.137. The largest absolute Gasteiger partial charge is 0.472 e. The van der Waals surface area contributed by atoms with Crippen LogP contribution in [0.4, 0.5) is 13.2 Å². The van der Waals surface area contributed by atoms with Gasteiger partial charge in [0.2, 0.25) is 0 Å². The highest BCUT2D eigenvalue weighted by molar-refractivity contribution is 5.93. The highest BCUT2D eigenvalue weighted by atomic mass is 19.4. The number of rotatable bonds is 1. The van der Waals surface area contributed by atoms with E-state index in [0.29, 0.717) is 18.7 Å². The molecule has 4 nitrogen and oxygen atoms in total. The van der Waals surface area contributed by atoms with E-state index in [1.54, 1.807) is 11.0 Å². The van der Waals surface area contributed by atoms with E-state index in [4.69, 9.17) is 4.42 Å². The van der Waals surface area contributed by atoms with Crippen molar-refractivity contribution in [2.24, 2.45) is 0 Å². The second-order valence-corrected chi connectivity index (χ2v) is 6.16. The van der Waals surface area contributed by atoms with Gasteiger partial charge in [0, 0.05) is 31.5 Å². The molecule has 1 aromatic carbocycles. The molecule has 0 bridgehead atoms. The third-order valence-electron chi connectivity index (χ3n) is 4.28. The summed E-state index contributed by atoms with van der Waals surface area (Å²) in [5, 5.41) is 10.5. The quantitative estimate of drug-likeness (QED) is 0.791. The van der Waals surface area contributed by atoms with Crippen LogP contribution < -0.4 is 0 Å². The molecule has 1 aromatic heterocycles. The van der Waals surface area contributed by atoms with Crippen molar-refractivity contribution in [3.63, 3.8) is 0 Å². The van der Waals surface area contributed by atoms with Crippen molar-refractivity contribution >= 4 is 5.91 Å². The molecule has 3 rings (SSSR count). The summed E-state index contributed by atoms with van der Waals surface area (Å²) in [4.78, 5) is 13.8. The first-order valence-corrected chi connectivity index (χ1v) is 8.01. The van der Waals surface area contributed by atoms with Crippen LogP contribution in [0.25, 0.3) is 0 Å². The van der Waals surface area contributed by atoms with Crippen LogP contribution in [0.15, 0.2) is 47.3 Å². The number of amides is 1. The number of likely N-dealkylation sites (tertiary alicyclic amines) is 1. The van der Waals surface area contributed by atoms with Gasteiger partial charge in [-0.15, -0.1) is 0 Å². The fraction of sp³-hybridized carbons (Fsp3) is 0.316. The highest BCUT2D eigenvalue weighted by Gasteiger charge is 2.33. The lowest BCUT2D eigenvalue weighted by Crippen LogP contribution is -2.46. The Kier molecular flexibility index (Phi) is 4.79. The predicted octanol–water partition coefficient (Wildman–Crippen LogP) is 3.32. The van der Waals surface area contributed by atoms with Crippen LogP contribution >= 0.6 is 0 Å². The first-order chi connectivity index (χ1) is 12.3. The second kappa shape index (κ2) is 6.89. The van der Waals surface area contributed by atoms with Crippen molar-refractivity contribution in [1.82, 2.24) is 4.90 Å². The van der Waals surface area contributed by atoms with E-state index >= 15 is 0 Å². The number of carbonyl (C=O) groups excluding carboxylic acids is 1. The fourth-order valence-electron chi connectivity index (χ4n) is 2.74. The number of aliphatic hydroxyl groups is 1. The summed E-state index contributed by atoms with van der Waals surface area (Å²) in [7, 11) is 0. The summed E-state index contributed by atoms with van der Waals surface area (Å²) in [5.74, 6) is 5.10. The third-order valence-corrected chi connectivity index (χ3v) is 4.28. The first kappa shape index (κ1) is 18.1. The molecule has 0 atom stereocenters. The number of halogens is 3. The zero-order valence-electron chi connectivity index (χ0n) is 13.7. The zero-order valence-corrected chi connectivity index (χ0v) is 13.7. The average molecular weight is 363 g/mol. The maximum atomic E-state index is 12.7. The topological polar surface area (TPSA) is 53.7 Å². The van der Waals surface area contributed by atoms with Gasteiger partial charge in [-0.1, -0.05) is 17.9 Å².